The normalized spacial score (nSPS) is 20.8. The molecule has 1 heterocycles. The van der Waals surface area contributed by atoms with Crippen molar-refractivity contribution in [3.8, 4) is 0 Å². The van der Waals surface area contributed by atoms with Gasteiger partial charge < -0.3 is 39.4 Å². The second-order valence-electron chi connectivity index (χ2n) is 14.2. The number of hydrogen-bond acceptors (Lipinski definition) is 10. The van der Waals surface area contributed by atoms with Crippen molar-refractivity contribution in [3.05, 3.63) is 17.9 Å². The molecule has 0 bridgehead atoms. The van der Waals surface area contributed by atoms with Gasteiger partial charge in [-0.3, -0.25) is 9.59 Å². The minimum atomic E-state index is -1.59. The number of aliphatic hydroxyl groups excluding tert-OH is 4. The molecular formula is C41H74O10. The maximum absolute atomic E-state index is 12.7. The van der Waals surface area contributed by atoms with Gasteiger partial charge in [0.2, 0.25) is 0 Å². The molecule has 0 aromatic rings. The fraction of sp³-hybridized carbons (Fsp3) is 0.878. The van der Waals surface area contributed by atoms with E-state index < -0.39 is 55.4 Å². The number of carbonyl (C=O) groups excluding carboxylic acids is 2. The molecule has 10 heteroatoms. The van der Waals surface area contributed by atoms with Crippen LogP contribution in [0.5, 0.6) is 0 Å². The molecule has 6 atom stereocenters. The van der Waals surface area contributed by atoms with E-state index in [9.17, 15) is 30.0 Å². The Morgan fingerprint density at radius 3 is 1.61 bits per heavy atom. The highest BCUT2D eigenvalue weighted by Crippen LogP contribution is 2.22. The van der Waals surface area contributed by atoms with Gasteiger partial charge in [-0.05, 0) is 50.7 Å². The zero-order valence-electron chi connectivity index (χ0n) is 32.2. The SMILES string of the molecule is CCCCCCCC=C=CCCCCCCCC(=O)OC[C@@H](CO[C@H]1O[C@@H](CO)[C@@H](O)C(O)C1O)OC(=O)CCCCCCCCCCCCC. The Bertz CT molecular complexity index is 903. The van der Waals surface area contributed by atoms with Gasteiger partial charge in [-0.2, -0.15) is 0 Å². The predicted molar refractivity (Wildman–Crippen MR) is 200 cm³/mol. The first-order valence-corrected chi connectivity index (χ1v) is 20.5. The van der Waals surface area contributed by atoms with Crippen LogP contribution in [0.25, 0.3) is 0 Å². The lowest BCUT2D eigenvalue weighted by atomic mass is 9.99. The third-order valence-corrected chi connectivity index (χ3v) is 9.42. The first kappa shape index (κ1) is 47.2. The number of allylic oxidation sites excluding steroid dienone is 1. The summed E-state index contributed by atoms with van der Waals surface area (Å²) in [5.41, 5.74) is 3.29. The average molecular weight is 727 g/mol. The maximum atomic E-state index is 12.7. The van der Waals surface area contributed by atoms with Crippen LogP contribution >= 0.6 is 0 Å². The van der Waals surface area contributed by atoms with E-state index in [0.717, 1.165) is 57.8 Å². The molecule has 4 N–H and O–H groups in total. The standard InChI is InChI=1S/C41H74O10/c1-3-5-7-9-11-13-15-16-17-18-20-21-23-25-27-29-36(43)48-32-34(33-49-41-40(47)39(46)38(45)35(31-42)51-41)50-37(44)30-28-26-24-22-19-14-12-10-8-6-4-2/h15,17,34-35,38-42,45-47H,3-14,18-33H2,1-2H3/t16?,34-,35-,38+,39?,40?,41-/m0/s1. The molecule has 1 aliphatic heterocycles. The Hall–Kier alpha value is -1.78. The number of hydrogen-bond donors (Lipinski definition) is 4. The van der Waals surface area contributed by atoms with E-state index in [0.29, 0.717) is 12.8 Å². The van der Waals surface area contributed by atoms with Crippen LogP contribution in [0.1, 0.15) is 174 Å². The predicted octanol–water partition coefficient (Wildman–Crippen LogP) is 7.76. The molecular weight excluding hydrogens is 652 g/mol. The van der Waals surface area contributed by atoms with E-state index in [2.05, 4.69) is 31.7 Å². The highest BCUT2D eigenvalue weighted by atomic mass is 16.7. The van der Waals surface area contributed by atoms with E-state index in [4.69, 9.17) is 18.9 Å². The highest BCUT2D eigenvalue weighted by Gasteiger charge is 2.44. The Labute approximate surface area is 309 Å². The zero-order valence-corrected chi connectivity index (χ0v) is 32.2. The number of rotatable bonds is 33. The summed E-state index contributed by atoms with van der Waals surface area (Å²) in [6.45, 7) is 3.37. The quantitative estimate of drug-likeness (QED) is 0.0300. The average Bonchev–Trinajstić information content (AvgIpc) is 3.13. The van der Waals surface area contributed by atoms with Crippen LogP contribution < -0.4 is 0 Å². The van der Waals surface area contributed by atoms with Crippen molar-refractivity contribution in [2.75, 3.05) is 19.8 Å². The third kappa shape index (κ3) is 25.0. The van der Waals surface area contributed by atoms with E-state index in [-0.39, 0.29) is 26.1 Å². The highest BCUT2D eigenvalue weighted by molar-refractivity contribution is 5.70. The smallest absolute Gasteiger partial charge is 0.306 e. The number of carbonyl (C=O) groups is 2. The van der Waals surface area contributed by atoms with Crippen LogP contribution in [0.2, 0.25) is 0 Å². The van der Waals surface area contributed by atoms with Crippen LogP contribution in [0.3, 0.4) is 0 Å². The van der Waals surface area contributed by atoms with Crippen molar-refractivity contribution in [1.82, 2.24) is 0 Å². The van der Waals surface area contributed by atoms with Gasteiger partial charge in [0, 0.05) is 12.8 Å². The number of aliphatic hydroxyl groups is 4. The molecule has 0 saturated carbocycles. The Morgan fingerprint density at radius 1 is 0.627 bits per heavy atom. The van der Waals surface area contributed by atoms with Gasteiger partial charge in [0.25, 0.3) is 0 Å². The molecule has 0 aliphatic carbocycles. The van der Waals surface area contributed by atoms with Gasteiger partial charge in [0.1, 0.15) is 31.0 Å². The molecule has 0 radical (unpaired) electrons. The Morgan fingerprint density at radius 2 is 1.10 bits per heavy atom. The van der Waals surface area contributed by atoms with Gasteiger partial charge in [0.05, 0.1) is 13.2 Å². The molecule has 0 amide bonds. The zero-order chi connectivity index (χ0) is 37.4. The Kier molecular flexibility index (Phi) is 30.4. The minimum Gasteiger partial charge on any atom is -0.462 e. The second kappa shape index (κ2) is 32.8. The monoisotopic (exact) mass is 727 g/mol. The van der Waals surface area contributed by atoms with Crippen molar-refractivity contribution in [1.29, 1.82) is 0 Å². The summed E-state index contributed by atoms with van der Waals surface area (Å²) in [5.74, 6) is -0.825. The summed E-state index contributed by atoms with van der Waals surface area (Å²) in [7, 11) is 0. The summed E-state index contributed by atoms with van der Waals surface area (Å²) in [5, 5.41) is 39.9. The molecule has 1 rings (SSSR count). The summed E-state index contributed by atoms with van der Waals surface area (Å²) >= 11 is 0. The van der Waals surface area contributed by atoms with Crippen LogP contribution in [0.4, 0.5) is 0 Å². The molecule has 2 unspecified atom stereocenters. The van der Waals surface area contributed by atoms with Crippen LogP contribution in [-0.4, -0.2) is 89.0 Å². The van der Waals surface area contributed by atoms with E-state index in [1.54, 1.807) is 0 Å². The first-order chi connectivity index (χ1) is 24.8. The lowest BCUT2D eigenvalue weighted by Gasteiger charge is -2.39. The van der Waals surface area contributed by atoms with Gasteiger partial charge in [0.15, 0.2) is 12.4 Å². The summed E-state index contributed by atoms with van der Waals surface area (Å²) < 4.78 is 22.1. The minimum absolute atomic E-state index is 0.223. The topological polar surface area (TPSA) is 152 Å². The molecule has 298 valence electrons. The number of ether oxygens (including phenoxy) is 4. The van der Waals surface area contributed by atoms with Crippen LogP contribution in [0, 0.1) is 0 Å². The van der Waals surface area contributed by atoms with E-state index >= 15 is 0 Å². The van der Waals surface area contributed by atoms with Gasteiger partial charge in [-0.25, -0.2) is 0 Å². The molecule has 1 fully saturated rings. The Balaban J connectivity index is 2.38. The molecule has 0 spiro atoms. The lowest BCUT2D eigenvalue weighted by Crippen LogP contribution is -2.59. The molecule has 1 saturated heterocycles. The number of esters is 2. The van der Waals surface area contributed by atoms with Gasteiger partial charge in [-0.15, -0.1) is 5.73 Å². The third-order valence-electron chi connectivity index (χ3n) is 9.42. The summed E-state index contributed by atoms with van der Waals surface area (Å²) in [4.78, 5) is 25.2. The van der Waals surface area contributed by atoms with E-state index in [1.807, 2.05) is 0 Å². The summed E-state index contributed by atoms with van der Waals surface area (Å²) in [6, 6.07) is 0. The fourth-order valence-electron chi connectivity index (χ4n) is 6.11. The van der Waals surface area contributed by atoms with Crippen LogP contribution in [-0.2, 0) is 28.5 Å². The molecule has 0 aromatic heterocycles. The second-order valence-corrected chi connectivity index (χ2v) is 14.2. The van der Waals surface area contributed by atoms with Crippen molar-refractivity contribution in [2.45, 2.75) is 211 Å². The molecule has 0 aromatic carbocycles. The fourth-order valence-corrected chi connectivity index (χ4v) is 6.11. The van der Waals surface area contributed by atoms with Crippen molar-refractivity contribution >= 4 is 11.9 Å². The largest absolute Gasteiger partial charge is 0.462 e. The van der Waals surface area contributed by atoms with Crippen molar-refractivity contribution in [2.24, 2.45) is 0 Å². The van der Waals surface area contributed by atoms with Crippen molar-refractivity contribution in [3.63, 3.8) is 0 Å². The van der Waals surface area contributed by atoms with Crippen molar-refractivity contribution < 1.29 is 49.0 Å². The first-order valence-electron chi connectivity index (χ1n) is 20.5. The lowest BCUT2D eigenvalue weighted by molar-refractivity contribution is -0.305. The molecule has 10 nitrogen and oxygen atoms in total. The van der Waals surface area contributed by atoms with Crippen LogP contribution in [0.15, 0.2) is 17.9 Å². The summed E-state index contributed by atoms with van der Waals surface area (Å²) in [6.07, 6.45) is 22.8. The number of unbranched alkanes of at least 4 members (excludes halogenated alkanes) is 20. The van der Waals surface area contributed by atoms with Gasteiger partial charge >= 0.3 is 11.9 Å². The molecule has 1 aliphatic rings. The molecule has 51 heavy (non-hydrogen) atoms. The van der Waals surface area contributed by atoms with Gasteiger partial charge in [-0.1, -0.05) is 123 Å². The van der Waals surface area contributed by atoms with E-state index in [1.165, 1.54) is 77.0 Å². The maximum Gasteiger partial charge on any atom is 0.306 e.